The number of amides is 1. The summed E-state index contributed by atoms with van der Waals surface area (Å²) < 4.78 is 15.5. The van der Waals surface area contributed by atoms with Gasteiger partial charge in [-0.3, -0.25) is 4.99 Å². The van der Waals surface area contributed by atoms with Crippen LogP contribution in [0.25, 0.3) is 0 Å². The Bertz CT molecular complexity index is 392. The van der Waals surface area contributed by atoms with E-state index in [1.165, 1.54) is 0 Å². The second-order valence-electron chi connectivity index (χ2n) is 6.97. The molecule has 0 atom stereocenters. The van der Waals surface area contributed by atoms with Crippen LogP contribution >= 0.6 is 0 Å². The van der Waals surface area contributed by atoms with Crippen molar-refractivity contribution in [2.45, 2.75) is 45.8 Å². The number of alkyl carbamates (subject to hydrolysis) is 1. The van der Waals surface area contributed by atoms with Gasteiger partial charge in [0.1, 0.15) is 5.60 Å². The van der Waals surface area contributed by atoms with E-state index in [1.807, 2.05) is 34.6 Å². The van der Waals surface area contributed by atoms with Crippen molar-refractivity contribution in [3.8, 4) is 0 Å². The van der Waals surface area contributed by atoms with Crippen molar-refractivity contribution in [1.82, 2.24) is 16.0 Å². The molecule has 0 aromatic carbocycles. The van der Waals surface area contributed by atoms with Crippen LogP contribution in [0.15, 0.2) is 4.99 Å². The Labute approximate surface area is 145 Å². The maximum absolute atomic E-state index is 11.9. The average Bonchev–Trinajstić information content (AvgIpc) is 2.43. The van der Waals surface area contributed by atoms with E-state index >= 15 is 0 Å². The van der Waals surface area contributed by atoms with Crippen molar-refractivity contribution in [3.05, 3.63) is 0 Å². The molecular weight excluding hydrogens is 312 g/mol. The normalized spacial score (nSPS) is 12.7. The van der Waals surface area contributed by atoms with Gasteiger partial charge in [-0.05, 0) is 34.6 Å². The Balaban J connectivity index is 4.10. The smallest absolute Gasteiger partial charge is 0.408 e. The Morgan fingerprint density at radius 3 is 2.25 bits per heavy atom. The van der Waals surface area contributed by atoms with E-state index in [0.29, 0.717) is 38.9 Å². The number of ether oxygens (including phenoxy) is 3. The third-order valence-corrected chi connectivity index (χ3v) is 2.73. The van der Waals surface area contributed by atoms with E-state index in [0.717, 1.165) is 0 Å². The monoisotopic (exact) mass is 346 g/mol. The lowest BCUT2D eigenvalue weighted by molar-refractivity contribution is 0.0474. The predicted octanol–water partition coefficient (Wildman–Crippen LogP) is 1.12. The Morgan fingerprint density at radius 2 is 1.71 bits per heavy atom. The molecule has 0 radical (unpaired) electrons. The molecule has 8 heteroatoms. The first-order chi connectivity index (χ1) is 11.1. The summed E-state index contributed by atoms with van der Waals surface area (Å²) in [4.78, 5) is 16.0. The first-order valence-corrected chi connectivity index (χ1v) is 8.12. The van der Waals surface area contributed by atoms with Crippen molar-refractivity contribution >= 4 is 12.1 Å². The third kappa shape index (κ3) is 13.0. The van der Waals surface area contributed by atoms with E-state index in [9.17, 15) is 4.79 Å². The number of guanidine groups is 1. The number of rotatable bonds is 9. The van der Waals surface area contributed by atoms with Crippen LogP contribution in [0.3, 0.4) is 0 Å². The molecule has 1 amide bonds. The maximum atomic E-state index is 11.9. The summed E-state index contributed by atoms with van der Waals surface area (Å²) in [5.74, 6) is 0.643. The quantitative estimate of drug-likeness (QED) is 0.329. The van der Waals surface area contributed by atoms with Crippen LogP contribution in [0, 0.1) is 0 Å². The second kappa shape index (κ2) is 11.1. The number of aliphatic imine (C=N–C) groups is 1. The van der Waals surface area contributed by atoms with E-state index in [-0.39, 0.29) is 0 Å². The largest absolute Gasteiger partial charge is 0.444 e. The molecule has 0 aliphatic carbocycles. The van der Waals surface area contributed by atoms with Gasteiger partial charge in [0.05, 0.1) is 25.4 Å². The number of hydrogen-bond donors (Lipinski definition) is 3. The first kappa shape index (κ1) is 22.5. The molecule has 0 saturated carbocycles. The predicted molar refractivity (Wildman–Crippen MR) is 95.5 cm³/mol. The number of nitrogens with zero attached hydrogens (tertiary/aromatic N) is 1. The summed E-state index contributed by atoms with van der Waals surface area (Å²) in [5, 5.41) is 9.15. The summed E-state index contributed by atoms with van der Waals surface area (Å²) in [6.07, 6.45) is -0.441. The van der Waals surface area contributed by atoms with Crippen LogP contribution in [0.2, 0.25) is 0 Å². The van der Waals surface area contributed by atoms with Gasteiger partial charge in [-0.1, -0.05) is 0 Å². The molecular formula is C16H34N4O4. The molecule has 142 valence electrons. The van der Waals surface area contributed by atoms with Gasteiger partial charge in [-0.2, -0.15) is 0 Å². The number of carbonyl (C=O) groups excluding carboxylic acids is 1. The van der Waals surface area contributed by atoms with Crippen LogP contribution in [0.5, 0.6) is 0 Å². The molecule has 0 aliphatic rings. The molecule has 0 spiro atoms. The molecule has 0 rings (SSSR count). The molecule has 3 N–H and O–H groups in total. The highest BCUT2D eigenvalue weighted by atomic mass is 16.6. The molecule has 0 aliphatic heterocycles. The lowest BCUT2D eigenvalue weighted by Gasteiger charge is -2.29. The zero-order valence-corrected chi connectivity index (χ0v) is 16.1. The molecule has 0 unspecified atom stereocenters. The fourth-order valence-corrected chi connectivity index (χ4v) is 1.64. The van der Waals surface area contributed by atoms with Crippen molar-refractivity contribution in [2.75, 3.05) is 47.1 Å². The molecule has 8 nitrogen and oxygen atoms in total. The molecule has 24 heavy (non-hydrogen) atoms. The average molecular weight is 346 g/mol. The lowest BCUT2D eigenvalue weighted by Crippen LogP contribution is -2.54. The molecule has 0 aromatic rings. The first-order valence-electron chi connectivity index (χ1n) is 8.12. The standard InChI is InChI=1S/C16H34N4O4/c1-15(2,3)24-14(21)20-16(4,5)12-19-13(17-6)18-8-9-23-11-10-22-7/h8-12H2,1-7H3,(H,20,21)(H2,17,18,19). The SMILES string of the molecule is CN=C(NCCOCCOC)NCC(C)(C)NC(=O)OC(C)(C)C. The van der Waals surface area contributed by atoms with E-state index in [2.05, 4.69) is 20.9 Å². The van der Waals surface area contributed by atoms with Crippen LogP contribution in [0.4, 0.5) is 4.79 Å². The minimum Gasteiger partial charge on any atom is -0.444 e. The molecule has 0 aromatic heterocycles. The topological polar surface area (TPSA) is 93.2 Å². The summed E-state index contributed by atoms with van der Waals surface area (Å²) in [6.45, 7) is 12.1. The number of methoxy groups -OCH3 is 1. The number of nitrogens with one attached hydrogen (secondary N) is 3. The van der Waals surface area contributed by atoms with Gasteiger partial charge in [-0.15, -0.1) is 0 Å². The van der Waals surface area contributed by atoms with Crippen LogP contribution in [-0.4, -0.2) is 70.3 Å². The zero-order valence-electron chi connectivity index (χ0n) is 16.1. The number of carbonyl (C=O) groups is 1. The summed E-state index contributed by atoms with van der Waals surface area (Å²) in [7, 11) is 3.33. The fraction of sp³-hybridized carbons (Fsp3) is 0.875. The van der Waals surface area contributed by atoms with Gasteiger partial charge in [0.25, 0.3) is 0 Å². The molecule has 0 bridgehead atoms. The van der Waals surface area contributed by atoms with E-state index in [4.69, 9.17) is 14.2 Å². The van der Waals surface area contributed by atoms with Gasteiger partial charge in [0.15, 0.2) is 5.96 Å². The Kier molecular flexibility index (Phi) is 10.4. The molecule has 0 saturated heterocycles. The summed E-state index contributed by atoms with van der Waals surface area (Å²) in [6, 6.07) is 0. The Hall–Kier alpha value is -1.54. The highest BCUT2D eigenvalue weighted by Crippen LogP contribution is 2.08. The van der Waals surface area contributed by atoms with Crippen molar-refractivity contribution < 1.29 is 19.0 Å². The minimum absolute atomic E-state index is 0.441. The zero-order chi connectivity index (χ0) is 18.6. The minimum atomic E-state index is -0.520. The maximum Gasteiger partial charge on any atom is 0.408 e. The highest BCUT2D eigenvalue weighted by Gasteiger charge is 2.24. The van der Waals surface area contributed by atoms with Gasteiger partial charge < -0.3 is 30.2 Å². The van der Waals surface area contributed by atoms with Gasteiger partial charge >= 0.3 is 6.09 Å². The van der Waals surface area contributed by atoms with Gasteiger partial charge in [0.2, 0.25) is 0 Å². The van der Waals surface area contributed by atoms with E-state index in [1.54, 1.807) is 14.2 Å². The van der Waals surface area contributed by atoms with Crippen LogP contribution in [0.1, 0.15) is 34.6 Å². The second-order valence-corrected chi connectivity index (χ2v) is 6.97. The van der Waals surface area contributed by atoms with Crippen molar-refractivity contribution in [1.29, 1.82) is 0 Å². The van der Waals surface area contributed by atoms with Crippen molar-refractivity contribution in [2.24, 2.45) is 4.99 Å². The lowest BCUT2D eigenvalue weighted by atomic mass is 10.1. The summed E-state index contributed by atoms with van der Waals surface area (Å²) >= 11 is 0. The van der Waals surface area contributed by atoms with Gasteiger partial charge in [-0.25, -0.2) is 4.79 Å². The number of hydrogen-bond acceptors (Lipinski definition) is 5. The van der Waals surface area contributed by atoms with E-state index < -0.39 is 17.2 Å². The van der Waals surface area contributed by atoms with Crippen LogP contribution < -0.4 is 16.0 Å². The Morgan fingerprint density at radius 1 is 1.04 bits per heavy atom. The molecule has 0 fully saturated rings. The molecule has 0 heterocycles. The van der Waals surface area contributed by atoms with Crippen molar-refractivity contribution in [3.63, 3.8) is 0 Å². The third-order valence-electron chi connectivity index (χ3n) is 2.73. The fourth-order valence-electron chi connectivity index (χ4n) is 1.64. The highest BCUT2D eigenvalue weighted by molar-refractivity contribution is 5.79. The summed E-state index contributed by atoms with van der Waals surface area (Å²) in [5.41, 5.74) is -1.01. The van der Waals surface area contributed by atoms with Crippen LogP contribution in [-0.2, 0) is 14.2 Å². The van der Waals surface area contributed by atoms with Gasteiger partial charge in [0, 0.05) is 27.2 Å².